The van der Waals surface area contributed by atoms with E-state index in [2.05, 4.69) is 34.7 Å². The van der Waals surface area contributed by atoms with Crippen LogP contribution in [0.2, 0.25) is 10.0 Å². The maximum Gasteiger partial charge on any atom is 0.253 e. The molecule has 0 bridgehead atoms. The lowest BCUT2D eigenvalue weighted by Crippen LogP contribution is -2.32. The Hall–Kier alpha value is -2.55. The van der Waals surface area contributed by atoms with Crippen LogP contribution in [0.5, 0.6) is 0 Å². The van der Waals surface area contributed by atoms with E-state index in [0.29, 0.717) is 47.0 Å². The number of hydrogen-bond acceptors (Lipinski definition) is 5. The number of carbonyl (C=O) groups is 2. The predicted molar refractivity (Wildman–Crippen MR) is 146 cm³/mol. The van der Waals surface area contributed by atoms with Gasteiger partial charge in [-0.3, -0.25) is 9.59 Å². The monoisotopic (exact) mass is 547 g/mol. The maximum atomic E-state index is 13.0. The molecule has 1 aromatic heterocycles. The Morgan fingerprint density at radius 3 is 2.50 bits per heavy atom. The summed E-state index contributed by atoms with van der Waals surface area (Å²) in [7, 11) is 0. The average molecular weight is 549 g/mol. The molecule has 3 rings (SSSR count). The van der Waals surface area contributed by atoms with Gasteiger partial charge < -0.3 is 15.2 Å². The largest absolute Gasteiger partial charge is 0.355 e. The summed E-state index contributed by atoms with van der Waals surface area (Å²) < 4.78 is 1.94. The SMILES string of the molecule is CCn1c(SCC(=O)NCCc2ccccc2)nnc1[C@@H](CC(C)C)NC(=O)c1ccc(Cl)cc1Cl. The molecule has 0 aliphatic heterocycles. The van der Waals surface area contributed by atoms with E-state index in [-0.39, 0.29) is 28.6 Å². The van der Waals surface area contributed by atoms with Crippen molar-refractivity contribution in [1.29, 1.82) is 0 Å². The van der Waals surface area contributed by atoms with Crippen LogP contribution in [-0.4, -0.2) is 38.9 Å². The summed E-state index contributed by atoms with van der Waals surface area (Å²) in [5, 5.41) is 16.1. The zero-order valence-corrected chi connectivity index (χ0v) is 23.0. The third-order valence-electron chi connectivity index (χ3n) is 5.47. The minimum absolute atomic E-state index is 0.0625. The fraction of sp³-hybridized carbons (Fsp3) is 0.385. The molecule has 0 aliphatic carbocycles. The minimum atomic E-state index is -0.370. The highest BCUT2D eigenvalue weighted by Crippen LogP contribution is 2.27. The van der Waals surface area contributed by atoms with Crippen LogP contribution in [0.3, 0.4) is 0 Å². The van der Waals surface area contributed by atoms with E-state index in [1.807, 2.05) is 41.8 Å². The highest BCUT2D eigenvalue weighted by atomic mass is 35.5. The summed E-state index contributed by atoms with van der Waals surface area (Å²) in [5.41, 5.74) is 1.53. The highest BCUT2D eigenvalue weighted by Gasteiger charge is 2.25. The van der Waals surface area contributed by atoms with E-state index in [1.54, 1.807) is 18.2 Å². The number of nitrogens with one attached hydrogen (secondary N) is 2. The van der Waals surface area contributed by atoms with Crippen LogP contribution >= 0.6 is 35.0 Å². The van der Waals surface area contributed by atoms with Crippen LogP contribution in [0.25, 0.3) is 0 Å². The average Bonchev–Trinajstić information content (AvgIpc) is 3.25. The van der Waals surface area contributed by atoms with Crippen LogP contribution < -0.4 is 10.6 Å². The molecule has 2 N–H and O–H groups in total. The topological polar surface area (TPSA) is 88.9 Å². The molecular formula is C26H31Cl2N5O2S. The number of hydrogen-bond donors (Lipinski definition) is 2. The molecule has 0 saturated heterocycles. The van der Waals surface area contributed by atoms with E-state index in [9.17, 15) is 9.59 Å². The van der Waals surface area contributed by atoms with Gasteiger partial charge in [-0.2, -0.15) is 0 Å². The molecule has 0 unspecified atom stereocenters. The van der Waals surface area contributed by atoms with Crippen LogP contribution in [0.15, 0.2) is 53.7 Å². The minimum Gasteiger partial charge on any atom is -0.355 e. The van der Waals surface area contributed by atoms with Crippen LogP contribution in [0.4, 0.5) is 0 Å². The molecule has 0 spiro atoms. The van der Waals surface area contributed by atoms with Gasteiger partial charge in [-0.25, -0.2) is 0 Å². The second-order valence-electron chi connectivity index (χ2n) is 8.74. The first-order valence-electron chi connectivity index (χ1n) is 11.9. The fourth-order valence-electron chi connectivity index (χ4n) is 3.74. The summed E-state index contributed by atoms with van der Waals surface area (Å²) >= 11 is 13.5. The molecule has 192 valence electrons. The normalized spacial score (nSPS) is 11.9. The van der Waals surface area contributed by atoms with Gasteiger partial charge in [0, 0.05) is 18.1 Å². The van der Waals surface area contributed by atoms with Gasteiger partial charge in [-0.15, -0.1) is 10.2 Å². The Labute approximate surface area is 226 Å². The molecule has 36 heavy (non-hydrogen) atoms. The highest BCUT2D eigenvalue weighted by molar-refractivity contribution is 7.99. The van der Waals surface area contributed by atoms with Crippen molar-refractivity contribution in [2.75, 3.05) is 12.3 Å². The molecule has 10 heteroatoms. The molecule has 0 fully saturated rings. The molecule has 1 heterocycles. The van der Waals surface area contributed by atoms with E-state index < -0.39 is 0 Å². The molecule has 0 aliphatic rings. The van der Waals surface area contributed by atoms with Gasteiger partial charge in [-0.05, 0) is 49.4 Å². The van der Waals surface area contributed by atoms with Gasteiger partial charge in [0.1, 0.15) is 0 Å². The Kier molecular flexibility index (Phi) is 10.6. The van der Waals surface area contributed by atoms with Crippen LogP contribution in [0, 0.1) is 5.92 Å². The molecule has 0 radical (unpaired) electrons. The molecule has 2 aromatic carbocycles. The molecule has 0 saturated carbocycles. The van der Waals surface area contributed by atoms with Crippen molar-refractivity contribution < 1.29 is 9.59 Å². The number of aromatic nitrogens is 3. The molecule has 7 nitrogen and oxygen atoms in total. The number of carbonyl (C=O) groups excluding carboxylic acids is 2. The number of nitrogens with zero attached hydrogens (tertiary/aromatic N) is 3. The standard InChI is InChI=1S/C26H31Cl2N5O2S/c1-4-33-24(22(14-17(2)3)30-25(35)20-11-10-19(27)15-21(20)28)31-32-26(33)36-16-23(34)29-13-12-18-8-6-5-7-9-18/h5-11,15,17,22H,4,12-14,16H2,1-3H3,(H,29,34)(H,30,35)/t22-/m1/s1. The number of benzene rings is 2. The van der Waals surface area contributed by atoms with Gasteiger partial charge in [0.25, 0.3) is 5.91 Å². The molecule has 1 atom stereocenters. The van der Waals surface area contributed by atoms with E-state index in [4.69, 9.17) is 23.2 Å². The number of rotatable bonds is 12. The number of halogens is 2. The van der Waals surface area contributed by atoms with Gasteiger partial charge in [0.15, 0.2) is 11.0 Å². The smallest absolute Gasteiger partial charge is 0.253 e. The Balaban J connectivity index is 1.65. The first kappa shape index (κ1) is 28.0. The Morgan fingerprint density at radius 2 is 1.83 bits per heavy atom. The lowest BCUT2D eigenvalue weighted by molar-refractivity contribution is -0.118. The van der Waals surface area contributed by atoms with Gasteiger partial charge in [-0.1, -0.05) is 79.1 Å². The maximum absolute atomic E-state index is 13.0. The van der Waals surface area contributed by atoms with Crippen molar-refractivity contribution in [3.8, 4) is 0 Å². The predicted octanol–water partition coefficient (Wildman–Crippen LogP) is 5.57. The second kappa shape index (κ2) is 13.7. The van der Waals surface area contributed by atoms with Gasteiger partial charge in [0.2, 0.25) is 5.91 Å². The summed E-state index contributed by atoms with van der Waals surface area (Å²) in [5.74, 6) is 0.808. The van der Waals surface area contributed by atoms with Crippen molar-refractivity contribution in [1.82, 2.24) is 25.4 Å². The van der Waals surface area contributed by atoms with Crippen molar-refractivity contribution in [2.24, 2.45) is 5.92 Å². The Morgan fingerprint density at radius 1 is 1.08 bits per heavy atom. The van der Waals surface area contributed by atoms with Gasteiger partial charge in [0.05, 0.1) is 22.4 Å². The zero-order chi connectivity index (χ0) is 26.1. The third kappa shape index (κ3) is 7.98. The summed E-state index contributed by atoms with van der Waals surface area (Å²) in [6, 6.07) is 14.4. The first-order valence-corrected chi connectivity index (χ1v) is 13.6. The number of thioether (sulfide) groups is 1. The number of amides is 2. The van der Waals surface area contributed by atoms with Crippen molar-refractivity contribution in [3.05, 3.63) is 75.5 Å². The molecule has 2 amide bonds. The van der Waals surface area contributed by atoms with Gasteiger partial charge >= 0.3 is 0 Å². The lowest BCUT2D eigenvalue weighted by Gasteiger charge is -2.21. The fourth-order valence-corrected chi connectivity index (χ4v) is 5.08. The first-order chi connectivity index (χ1) is 17.3. The van der Waals surface area contributed by atoms with Crippen molar-refractivity contribution >= 4 is 46.8 Å². The summed E-state index contributed by atoms with van der Waals surface area (Å²) in [4.78, 5) is 25.4. The quantitative estimate of drug-likeness (QED) is 0.289. The van der Waals surface area contributed by atoms with E-state index in [1.165, 1.54) is 17.3 Å². The van der Waals surface area contributed by atoms with Crippen molar-refractivity contribution in [3.63, 3.8) is 0 Å². The third-order valence-corrected chi connectivity index (χ3v) is 6.99. The summed E-state index contributed by atoms with van der Waals surface area (Å²) in [6.45, 7) is 7.32. The second-order valence-corrected chi connectivity index (χ2v) is 10.5. The van der Waals surface area contributed by atoms with Crippen LogP contribution in [-0.2, 0) is 17.8 Å². The van der Waals surface area contributed by atoms with Crippen molar-refractivity contribution in [2.45, 2.75) is 51.4 Å². The van der Waals surface area contributed by atoms with E-state index in [0.717, 1.165) is 6.42 Å². The summed E-state index contributed by atoms with van der Waals surface area (Å²) in [6.07, 6.45) is 1.44. The zero-order valence-electron chi connectivity index (χ0n) is 20.6. The van der Waals surface area contributed by atoms with Crippen LogP contribution in [0.1, 0.15) is 55.0 Å². The molecule has 3 aromatic rings. The molecular weight excluding hydrogens is 517 g/mol. The lowest BCUT2D eigenvalue weighted by atomic mass is 10.0. The van der Waals surface area contributed by atoms with E-state index >= 15 is 0 Å². The Bertz CT molecular complexity index is 1170.